The molecule has 0 aliphatic carbocycles. The van der Waals surface area contributed by atoms with E-state index in [0.29, 0.717) is 6.04 Å². The number of aryl methyl sites for hydroxylation is 1. The van der Waals surface area contributed by atoms with Crippen LogP contribution in [0.25, 0.3) is 11.0 Å². The summed E-state index contributed by atoms with van der Waals surface area (Å²) in [6.45, 7) is 6.27. The fourth-order valence-corrected chi connectivity index (χ4v) is 1.47. The molecule has 0 spiro atoms. The van der Waals surface area contributed by atoms with Gasteiger partial charge in [-0.05, 0) is 38.5 Å². The third kappa shape index (κ3) is 1.71. The Morgan fingerprint density at radius 1 is 1.36 bits per heavy atom. The van der Waals surface area contributed by atoms with Crippen molar-refractivity contribution in [3.05, 3.63) is 23.8 Å². The summed E-state index contributed by atoms with van der Waals surface area (Å²) in [5.41, 5.74) is 3.35. The van der Waals surface area contributed by atoms with Gasteiger partial charge in [-0.15, -0.1) is 0 Å². The number of rotatable bonds is 2. The van der Waals surface area contributed by atoms with E-state index in [0.717, 1.165) is 17.0 Å². The minimum atomic E-state index is 0.400. The van der Waals surface area contributed by atoms with E-state index in [1.807, 2.05) is 6.07 Å². The Labute approximate surface area is 83.6 Å². The van der Waals surface area contributed by atoms with Gasteiger partial charge < -0.3 is 10.3 Å². The summed E-state index contributed by atoms with van der Waals surface area (Å²) in [5.74, 6) is 0.848. The molecule has 3 heteroatoms. The van der Waals surface area contributed by atoms with Crippen molar-refractivity contribution in [2.45, 2.75) is 26.8 Å². The first kappa shape index (κ1) is 9.06. The van der Waals surface area contributed by atoms with Gasteiger partial charge >= 0.3 is 0 Å². The van der Waals surface area contributed by atoms with Crippen LogP contribution in [-0.4, -0.2) is 16.0 Å². The topological polar surface area (TPSA) is 40.7 Å². The lowest BCUT2D eigenvalue weighted by molar-refractivity contribution is 0.883. The van der Waals surface area contributed by atoms with E-state index in [9.17, 15) is 0 Å². The van der Waals surface area contributed by atoms with Crippen LogP contribution in [0.15, 0.2) is 18.2 Å². The predicted octanol–water partition coefficient (Wildman–Crippen LogP) is 2.69. The van der Waals surface area contributed by atoms with Gasteiger partial charge in [-0.25, -0.2) is 4.98 Å². The monoisotopic (exact) mass is 189 g/mol. The van der Waals surface area contributed by atoms with E-state index in [1.54, 1.807) is 0 Å². The van der Waals surface area contributed by atoms with Gasteiger partial charge in [-0.3, -0.25) is 0 Å². The molecule has 1 aromatic carbocycles. The Kier molecular flexibility index (Phi) is 2.15. The van der Waals surface area contributed by atoms with Gasteiger partial charge in [0, 0.05) is 6.04 Å². The highest BCUT2D eigenvalue weighted by Crippen LogP contribution is 2.15. The number of hydrogen-bond acceptors (Lipinski definition) is 2. The second-order valence-electron chi connectivity index (χ2n) is 3.91. The van der Waals surface area contributed by atoms with Crippen LogP contribution in [0.4, 0.5) is 5.95 Å². The smallest absolute Gasteiger partial charge is 0.201 e. The quantitative estimate of drug-likeness (QED) is 0.762. The highest BCUT2D eigenvalue weighted by atomic mass is 15.1. The summed E-state index contributed by atoms with van der Waals surface area (Å²) >= 11 is 0. The molecule has 1 heterocycles. The molecule has 0 bridgehead atoms. The maximum atomic E-state index is 4.43. The third-order valence-electron chi connectivity index (χ3n) is 2.06. The number of aromatic amines is 1. The molecule has 0 radical (unpaired) electrons. The Morgan fingerprint density at radius 3 is 2.86 bits per heavy atom. The highest BCUT2D eigenvalue weighted by Gasteiger charge is 2.02. The van der Waals surface area contributed by atoms with Crippen molar-refractivity contribution in [2.75, 3.05) is 5.32 Å². The number of nitrogens with one attached hydrogen (secondary N) is 2. The highest BCUT2D eigenvalue weighted by molar-refractivity contribution is 5.78. The second-order valence-corrected chi connectivity index (χ2v) is 3.91. The number of imidazole rings is 1. The van der Waals surface area contributed by atoms with Crippen LogP contribution in [0.5, 0.6) is 0 Å². The van der Waals surface area contributed by atoms with Crippen LogP contribution in [0, 0.1) is 6.92 Å². The molecule has 2 N–H and O–H groups in total. The Hall–Kier alpha value is -1.51. The summed E-state index contributed by atoms with van der Waals surface area (Å²) < 4.78 is 0. The van der Waals surface area contributed by atoms with Gasteiger partial charge in [-0.1, -0.05) is 6.07 Å². The Morgan fingerprint density at radius 2 is 2.14 bits per heavy atom. The Bertz CT molecular complexity index is 443. The zero-order valence-corrected chi connectivity index (χ0v) is 8.76. The number of nitrogens with zero attached hydrogens (tertiary/aromatic N) is 1. The minimum absolute atomic E-state index is 0.400. The van der Waals surface area contributed by atoms with Crippen molar-refractivity contribution >= 4 is 17.0 Å². The van der Waals surface area contributed by atoms with Crippen LogP contribution in [0.2, 0.25) is 0 Å². The summed E-state index contributed by atoms with van der Waals surface area (Å²) in [6.07, 6.45) is 0. The summed E-state index contributed by atoms with van der Waals surface area (Å²) in [5, 5.41) is 3.25. The largest absolute Gasteiger partial charge is 0.354 e. The first-order valence-corrected chi connectivity index (χ1v) is 4.88. The standard InChI is InChI=1S/C11H15N3/c1-7(2)12-11-13-9-5-4-8(3)6-10(9)14-11/h4-7H,1-3H3,(H2,12,13,14). The number of fused-ring (bicyclic) bond motifs is 1. The third-order valence-corrected chi connectivity index (χ3v) is 2.06. The molecule has 74 valence electrons. The van der Waals surface area contributed by atoms with Gasteiger partial charge in [0.2, 0.25) is 5.95 Å². The van der Waals surface area contributed by atoms with Crippen LogP contribution < -0.4 is 5.32 Å². The zero-order valence-electron chi connectivity index (χ0n) is 8.76. The van der Waals surface area contributed by atoms with Crippen molar-refractivity contribution in [3.63, 3.8) is 0 Å². The number of anilines is 1. The van der Waals surface area contributed by atoms with Gasteiger partial charge in [0.05, 0.1) is 11.0 Å². The summed E-state index contributed by atoms with van der Waals surface area (Å²) in [7, 11) is 0. The maximum absolute atomic E-state index is 4.43. The average molecular weight is 189 g/mol. The van der Waals surface area contributed by atoms with Gasteiger partial charge in [0.25, 0.3) is 0 Å². The molecule has 1 aromatic heterocycles. The normalized spacial score (nSPS) is 11.1. The summed E-state index contributed by atoms with van der Waals surface area (Å²) in [6, 6.07) is 6.61. The SMILES string of the molecule is Cc1ccc2nc(NC(C)C)[nH]c2c1. The fraction of sp³-hybridized carbons (Fsp3) is 0.364. The van der Waals surface area contributed by atoms with Crippen molar-refractivity contribution in [2.24, 2.45) is 0 Å². The molecule has 0 saturated carbocycles. The summed E-state index contributed by atoms with van der Waals surface area (Å²) in [4.78, 5) is 7.67. The average Bonchev–Trinajstić information content (AvgIpc) is 2.44. The second kappa shape index (κ2) is 3.33. The molecule has 0 saturated heterocycles. The van der Waals surface area contributed by atoms with Gasteiger partial charge in [0.15, 0.2) is 0 Å². The molecular weight excluding hydrogens is 174 g/mol. The molecule has 14 heavy (non-hydrogen) atoms. The van der Waals surface area contributed by atoms with E-state index >= 15 is 0 Å². The number of aromatic nitrogens is 2. The van der Waals surface area contributed by atoms with Crippen LogP contribution >= 0.6 is 0 Å². The molecule has 0 aliphatic heterocycles. The number of benzene rings is 1. The van der Waals surface area contributed by atoms with Crippen molar-refractivity contribution in [3.8, 4) is 0 Å². The van der Waals surface area contributed by atoms with Crippen molar-refractivity contribution in [1.82, 2.24) is 9.97 Å². The molecule has 0 amide bonds. The number of H-pyrrole nitrogens is 1. The van der Waals surface area contributed by atoms with E-state index in [-0.39, 0.29) is 0 Å². The fourth-order valence-electron chi connectivity index (χ4n) is 1.47. The molecular formula is C11H15N3. The maximum Gasteiger partial charge on any atom is 0.201 e. The lowest BCUT2D eigenvalue weighted by Gasteiger charge is -2.04. The molecule has 2 aromatic rings. The Balaban J connectivity index is 2.41. The van der Waals surface area contributed by atoms with Crippen molar-refractivity contribution in [1.29, 1.82) is 0 Å². The molecule has 0 fully saturated rings. The molecule has 0 atom stereocenters. The predicted molar refractivity (Wildman–Crippen MR) is 59.6 cm³/mol. The molecule has 0 aliphatic rings. The molecule has 3 nitrogen and oxygen atoms in total. The zero-order chi connectivity index (χ0) is 10.1. The van der Waals surface area contributed by atoms with E-state index < -0.39 is 0 Å². The molecule has 0 unspecified atom stereocenters. The van der Waals surface area contributed by atoms with E-state index in [1.165, 1.54) is 5.56 Å². The van der Waals surface area contributed by atoms with Gasteiger partial charge in [0.1, 0.15) is 0 Å². The van der Waals surface area contributed by atoms with Crippen LogP contribution in [-0.2, 0) is 0 Å². The lowest BCUT2D eigenvalue weighted by Crippen LogP contribution is -2.10. The van der Waals surface area contributed by atoms with E-state index in [4.69, 9.17) is 0 Å². The van der Waals surface area contributed by atoms with Crippen molar-refractivity contribution < 1.29 is 0 Å². The van der Waals surface area contributed by atoms with Crippen LogP contribution in [0.3, 0.4) is 0 Å². The molecule has 2 rings (SSSR count). The lowest BCUT2D eigenvalue weighted by atomic mass is 10.2. The first-order valence-electron chi connectivity index (χ1n) is 4.88. The first-order chi connectivity index (χ1) is 6.65. The van der Waals surface area contributed by atoms with Gasteiger partial charge in [-0.2, -0.15) is 0 Å². The van der Waals surface area contributed by atoms with E-state index in [2.05, 4.69) is 48.2 Å². The van der Waals surface area contributed by atoms with Crippen LogP contribution in [0.1, 0.15) is 19.4 Å². The minimum Gasteiger partial charge on any atom is -0.354 e. The number of hydrogen-bond donors (Lipinski definition) is 2.